The van der Waals surface area contributed by atoms with Crippen LogP contribution in [0.15, 0.2) is 47.6 Å². The monoisotopic (exact) mass is 547 g/mol. The Balaban J connectivity index is 1.28. The number of anilines is 3. The molecule has 0 aliphatic carbocycles. The molecule has 40 heavy (non-hydrogen) atoms. The lowest BCUT2D eigenvalue weighted by Crippen LogP contribution is -2.34. The number of aromatic nitrogens is 3. The van der Waals surface area contributed by atoms with E-state index in [4.69, 9.17) is 9.72 Å². The number of hydrogen-bond acceptors (Lipinski definition) is 12. The predicted octanol–water partition coefficient (Wildman–Crippen LogP) is 4.91. The summed E-state index contributed by atoms with van der Waals surface area (Å²) in [6.07, 6.45) is 8.48. The van der Waals surface area contributed by atoms with Crippen LogP contribution in [0.4, 0.5) is 29.2 Å². The Kier molecular flexibility index (Phi) is 8.23. The van der Waals surface area contributed by atoms with Crippen molar-refractivity contribution in [3.63, 3.8) is 0 Å². The molecule has 0 unspecified atom stereocenters. The number of hydrazone groups is 1. The lowest BCUT2D eigenvalue weighted by Gasteiger charge is -2.30. The molecule has 2 fully saturated rings. The molecule has 2 aromatic carbocycles. The SMILES string of the molecule is O=[N+]([O-])c1ccc(Oc2ccc(/C=N\Nc3nc(N4CCCCC4)nc(N4CCCCC4)n3)cc2)c([N+](=O)[O-])c1. The molecule has 0 radical (unpaired) electrons. The number of hydrogen-bond donors (Lipinski definition) is 1. The molecule has 1 N–H and O–H groups in total. The Morgan fingerprint density at radius 3 is 1.95 bits per heavy atom. The number of rotatable bonds is 9. The molecule has 3 aromatic rings. The quantitative estimate of drug-likeness (QED) is 0.220. The number of nitro groups is 2. The summed E-state index contributed by atoms with van der Waals surface area (Å²) in [6, 6.07) is 9.93. The zero-order valence-electron chi connectivity index (χ0n) is 21.8. The van der Waals surface area contributed by atoms with Crippen LogP contribution in [0.25, 0.3) is 0 Å². The van der Waals surface area contributed by atoms with E-state index >= 15 is 0 Å². The minimum absolute atomic E-state index is 0.0949. The van der Waals surface area contributed by atoms with Crippen molar-refractivity contribution >= 4 is 35.4 Å². The summed E-state index contributed by atoms with van der Waals surface area (Å²) in [5.74, 6) is 1.93. The Morgan fingerprint density at radius 1 is 0.800 bits per heavy atom. The summed E-state index contributed by atoms with van der Waals surface area (Å²) in [5, 5.41) is 26.6. The number of piperidine rings is 2. The summed E-state index contributed by atoms with van der Waals surface area (Å²) in [6.45, 7) is 3.68. The van der Waals surface area contributed by atoms with Gasteiger partial charge in [-0.1, -0.05) is 0 Å². The van der Waals surface area contributed by atoms with Crippen molar-refractivity contribution in [1.29, 1.82) is 0 Å². The third-order valence-electron chi connectivity index (χ3n) is 6.73. The van der Waals surface area contributed by atoms with Crippen LogP contribution in [0.2, 0.25) is 0 Å². The van der Waals surface area contributed by atoms with Gasteiger partial charge in [-0.2, -0.15) is 20.1 Å². The van der Waals surface area contributed by atoms with Gasteiger partial charge in [0.05, 0.1) is 22.1 Å². The van der Waals surface area contributed by atoms with Gasteiger partial charge in [-0.25, -0.2) is 5.43 Å². The molecular weight excluding hydrogens is 518 g/mol. The van der Waals surface area contributed by atoms with E-state index < -0.39 is 15.5 Å². The molecule has 0 atom stereocenters. The second kappa shape index (κ2) is 12.3. The van der Waals surface area contributed by atoms with Crippen molar-refractivity contribution in [1.82, 2.24) is 15.0 Å². The standard InChI is InChI=1S/C26H29N9O5/c36-34(37)20-9-12-23(22(17-20)35(38)39)40-21-10-7-19(8-11-21)18-27-31-24-28-25(32-13-3-1-4-14-32)30-26(29-24)33-15-5-2-6-16-33/h7-12,17-18H,1-6,13-16H2,(H,28,29,30,31)/b27-18-. The maximum Gasteiger partial charge on any atom is 0.318 e. The molecule has 2 saturated heterocycles. The first-order chi connectivity index (χ1) is 19.5. The van der Waals surface area contributed by atoms with E-state index in [1.54, 1.807) is 30.5 Å². The van der Waals surface area contributed by atoms with E-state index in [1.807, 2.05) is 0 Å². The fourth-order valence-electron chi connectivity index (χ4n) is 4.64. The molecule has 14 nitrogen and oxygen atoms in total. The molecule has 5 rings (SSSR count). The summed E-state index contributed by atoms with van der Waals surface area (Å²) in [4.78, 5) is 39.3. The lowest BCUT2D eigenvalue weighted by atomic mass is 10.1. The lowest BCUT2D eigenvalue weighted by molar-refractivity contribution is -0.394. The molecule has 0 spiro atoms. The Hall–Kier alpha value is -4.88. The number of ether oxygens (including phenoxy) is 1. The molecule has 1 aromatic heterocycles. The van der Waals surface area contributed by atoms with Crippen LogP contribution >= 0.6 is 0 Å². The van der Waals surface area contributed by atoms with Crippen LogP contribution in [0.3, 0.4) is 0 Å². The topological polar surface area (TPSA) is 165 Å². The zero-order chi connectivity index (χ0) is 27.9. The average molecular weight is 548 g/mol. The average Bonchev–Trinajstić information content (AvgIpc) is 2.99. The van der Waals surface area contributed by atoms with Gasteiger partial charge in [0.25, 0.3) is 5.69 Å². The number of benzene rings is 2. The second-order valence-corrected chi connectivity index (χ2v) is 9.56. The van der Waals surface area contributed by atoms with E-state index in [-0.39, 0.29) is 11.4 Å². The Bertz CT molecular complexity index is 1350. The molecule has 14 heteroatoms. The fourth-order valence-corrected chi connectivity index (χ4v) is 4.64. The van der Waals surface area contributed by atoms with E-state index in [1.165, 1.54) is 18.9 Å². The van der Waals surface area contributed by atoms with Gasteiger partial charge >= 0.3 is 5.69 Å². The highest BCUT2D eigenvalue weighted by molar-refractivity contribution is 5.80. The van der Waals surface area contributed by atoms with Crippen LogP contribution in [-0.2, 0) is 0 Å². The highest BCUT2D eigenvalue weighted by Crippen LogP contribution is 2.34. The first kappa shape index (κ1) is 26.7. The van der Waals surface area contributed by atoms with Crippen molar-refractivity contribution in [2.45, 2.75) is 38.5 Å². The third-order valence-corrected chi connectivity index (χ3v) is 6.73. The summed E-state index contributed by atoms with van der Waals surface area (Å²) < 4.78 is 5.62. The summed E-state index contributed by atoms with van der Waals surface area (Å²) in [5.41, 5.74) is 2.79. The normalized spacial score (nSPS) is 15.7. The van der Waals surface area contributed by atoms with Gasteiger partial charge in [-0.05, 0) is 74.4 Å². The molecule has 0 amide bonds. The number of nitro benzene ring substituents is 2. The minimum Gasteiger partial charge on any atom is -0.450 e. The highest BCUT2D eigenvalue weighted by Gasteiger charge is 2.22. The summed E-state index contributed by atoms with van der Waals surface area (Å²) >= 11 is 0. The van der Waals surface area contributed by atoms with Crippen LogP contribution in [0, 0.1) is 20.2 Å². The molecular formula is C26H29N9O5. The van der Waals surface area contributed by atoms with Gasteiger partial charge in [0.1, 0.15) is 5.75 Å². The molecule has 2 aliphatic rings. The van der Waals surface area contributed by atoms with Crippen molar-refractivity contribution in [3.05, 3.63) is 68.3 Å². The second-order valence-electron chi connectivity index (χ2n) is 9.56. The highest BCUT2D eigenvalue weighted by atomic mass is 16.6. The van der Waals surface area contributed by atoms with E-state index in [0.29, 0.717) is 23.6 Å². The van der Waals surface area contributed by atoms with Gasteiger partial charge in [-0.15, -0.1) is 0 Å². The van der Waals surface area contributed by atoms with Gasteiger partial charge in [0, 0.05) is 32.2 Å². The molecule has 3 heterocycles. The van der Waals surface area contributed by atoms with Crippen LogP contribution in [0.5, 0.6) is 11.5 Å². The maximum atomic E-state index is 11.4. The first-order valence-corrected chi connectivity index (χ1v) is 13.2. The van der Waals surface area contributed by atoms with Crippen molar-refractivity contribution in [2.75, 3.05) is 41.4 Å². The van der Waals surface area contributed by atoms with E-state index in [0.717, 1.165) is 69.6 Å². The van der Waals surface area contributed by atoms with E-state index in [9.17, 15) is 20.2 Å². The minimum atomic E-state index is -0.719. The van der Waals surface area contributed by atoms with Crippen LogP contribution < -0.4 is 20.0 Å². The van der Waals surface area contributed by atoms with Crippen molar-refractivity contribution in [3.8, 4) is 11.5 Å². The van der Waals surface area contributed by atoms with Crippen molar-refractivity contribution < 1.29 is 14.6 Å². The van der Waals surface area contributed by atoms with Crippen molar-refractivity contribution in [2.24, 2.45) is 5.10 Å². The van der Waals surface area contributed by atoms with Gasteiger partial charge in [0.2, 0.25) is 23.6 Å². The number of non-ortho nitro benzene ring substituents is 1. The number of nitrogens with zero attached hydrogens (tertiary/aromatic N) is 8. The largest absolute Gasteiger partial charge is 0.450 e. The fraction of sp³-hybridized carbons (Fsp3) is 0.385. The molecule has 208 valence electrons. The predicted molar refractivity (Wildman–Crippen MR) is 149 cm³/mol. The first-order valence-electron chi connectivity index (χ1n) is 13.2. The molecule has 0 saturated carbocycles. The Morgan fingerprint density at radius 2 is 1.40 bits per heavy atom. The summed E-state index contributed by atoms with van der Waals surface area (Å²) in [7, 11) is 0. The van der Waals surface area contributed by atoms with Gasteiger partial charge < -0.3 is 14.5 Å². The Labute approximate surface area is 230 Å². The van der Waals surface area contributed by atoms with Gasteiger partial charge in [0.15, 0.2) is 0 Å². The third kappa shape index (κ3) is 6.57. The zero-order valence-corrected chi connectivity index (χ0v) is 21.8. The van der Waals surface area contributed by atoms with E-state index in [2.05, 4.69) is 30.3 Å². The molecule has 2 aliphatic heterocycles. The van der Waals surface area contributed by atoms with Crippen LogP contribution in [0.1, 0.15) is 44.1 Å². The smallest absolute Gasteiger partial charge is 0.318 e. The maximum absolute atomic E-state index is 11.4. The molecule has 0 bridgehead atoms. The van der Waals surface area contributed by atoms with Gasteiger partial charge in [-0.3, -0.25) is 20.2 Å². The van der Waals surface area contributed by atoms with Crippen LogP contribution in [-0.4, -0.2) is 57.2 Å². The number of nitrogens with one attached hydrogen (secondary N) is 1.